The maximum absolute atomic E-state index is 13.1. The third-order valence-corrected chi connectivity index (χ3v) is 5.32. The Morgan fingerprint density at radius 1 is 1.00 bits per heavy atom. The van der Waals surface area contributed by atoms with Gasteiger partial charge in [-0.2, -0.15) is 0 Å². The lowest BCUT2D eigenvalue weighted by molar-refractivity contribution is 0.249. The van der Waals surface area contributed by atoms with E-state index in [-0.39, 0.29) is 5.92 Å². The van der Waals surface area contributed by atoms with Gasteiger partial charge in [-0.1, -0.05) is 54.6 Å². The Balaban J connectivity index is 1.42. The summed E-state index contributed by atoms with van der Waals surface area (Å²) in [4.78, 5) is 2.44. The molecule has 0 N–H and O–H groups in total. The average molecular weight is 325 g/mol. The monoisotopic (exact) mass is 325 g/mol. The van der Waals surface area contributed by atoms with E-state index in [9.17, 15) is 4.39 Å². The van der Waals surface area contributed by atoms with Crippen molar-refractivity contribution in [3.63, 3.8) is 0 Å². The minimum Gasteiger partial charge on any atom is -0.303 e. The van der Waals surface area contributed by atoms with E-state index in [4.69, 9.17) is 0 Å². The summed E-state index contributed by atoms with van der Waals surface area (Å²) < 4.78 is 13.1. The first kappa shape index (κ1) is 17.2. The molecular weight excluding hydrogens is 297 g/mol. The number of hydrogen-bond acceptors (Lipinski definition) is 1. The lowest BCUT2D eigenvalue weighted by atomic mass is 10.0. The molecule has 3 rings (SSSR count). The molecule has 2 heteroatoms. The summed E-state index contributed by atoms with van der Waals surface area (Å²) in [7, 11) is 2.21. The Labute approximate surface area is 145 Å². The molecule has 128 valence electrons. The number of aryl methyl sites for hydroxylation is 1. The zero-order valence-electron chi connectivity index (χ0n) is 14.8. The molecule has 3 atom stereocenters. The SMILES string of the molecule is CC(CCc1ccc(C2CC2F)cc1)N(C)CCc1ccccc1. The Morgan fingerprint density at radius 3 is 2.25 bits per heavy atom. The molecule has 2 aromatic carbocycles. The molecule has 1 fully saturated rings. The van der Waals surface area contributed by atoms with Gasteiger partial charge < -0.3 is 4.90 Å². The van der Waals surface area contributed by atoms with Crippen molar-refractivity contribution in [3.05, 3.63) is 71.3 Å². The zero-order valence-corrected chi connectivity index (χ0v) is 14.8. The molecule has 0 radical (unpaired) electrons. The molecule has 0 aromatic heterocycles. The van der Waals surface area contributed by atoms with Crippen LogP contribution >= 0.6 is 0 Å². The fourth-order valence-electron chi connectivity index (χ4n) is 3.21. The second-order valence-electron chi connectivity index (χ2n) is 7.20. The van der Waals surface area contributed by atoms with E-state index in [1.165, 1.54) is 16.7 Å². The first-order valence-electron chi connectivity index (χ1n) is 9.10. The summed E-state index contributed by atoms with van der Waals surface area (Å²) in [6.07, 6.45) is 3.44. The van der Waals surface area contributed by atoms with Crippen LogP contribution in [0.4, 0.5) is 4.39 Å². The van der Waals surface area contributed by atoms with Crippen LogP contribution < -0.4 is 0 Å². The van der Waals surface area contributed by atoms with Crippen LogP contribution in [-0.4, -0.2) is 30.7 Å². The third kappa shape index (κ3) is 4.67. The van der Waals surface area contributed by atoms with Crippen molar-refractivity contribution in [1.29, 1.82) is 0 Å². The fourth-order valence-corrected chi connectivity index (χ4v) is 3.21. The third-order valence-electron chi connectivity index (χ3n) is 5.32. The summed E-state index contributed by atoms with van der Waals surface area (Å²) in [5.41, 5.74) is 3.93. The molecule has 0 amide bonds. The van der Waals surface area contributed by atoms with E-state index >= 15 is 0 Å². The Hall–Kier alpha value is -1.67. The number of benzene rings is 2. The predicted octanol–water partition coefficient (Wildman–Crippen LogP) is 5.01. The first-order chi connectivity index (χ1) is 11.6. The van der Waals surface area contributed by atoms with Crippen molar-refractivity contribution in [2.24, 2.45) is 0 Å². The molecule has 0 heterocycles. The molecule has 0 saturated heterocycles. The van der Waals surface area contributed by atoms with Crippen molar-refractivity contribution < 1.29 is 4.39 Å². The molecular formula is C22H28FN. The molecule has 24 heavy (non-hydrogen) atoms. The fraction of sp³-hybridized carbons (Fsp3) is 0.455. The van der Waals surface area contributed by atoms with Gasteiger partial charge in [0.1, 0.15) is 6.17 Å². The van der Waals surface area contributed by atoms with E-state index in [1.807, 2.05) is 0 Å². The van der Waals surface area contributed by atoms with Gasteiger partial charge in [0.25, 0.3) is 0 Å². The Kier molecular flexibility index (Phi) is 5.68. The van der Waals surface area contributed by atoms with Gasteiger partial charge in [0.15, 0.2) is 0 Å². The lowest BCUT2D eigenvalue weighted by Crippen LogP contribution is -2.31. The number of nitrogens with zero attached hydrogens (tertiary/aromatic N) is 1. The molecule has 2 aromatic rings. The highest BCUT2D eigenvalue weighted by atomic mass is 19.1. The van der Waals surface area contributed by atoms with Gasteiger partial charge >= 0.3 is 0 Å². The standard InChI is InChI=1S/C22H28FN/c1-17(24(2)15-14-18-6-4-3-5-7-18)8-9-19-10-12-20(13-11-19)21-16-22(21)23/h3-7,10-13,17,21-22H,8-9,14-16H2,1-2H3. The van der Waals surface area contributed by atoms with Crippen LogP contribution in [0.3, 0.4) is 0 Å². The van der Waals surface area contributed by atoms with Gasteiger partial charge in [-0.25, -0.2) is 4.39 Å². The molecule has 1 aliphatic rings. The number of alkyl halides is 1. The van der Waals surface area contributed by atoms with E-state index in [0.29, 0.717) is 12.5 Å². The van der Waals surface area contributed by atoms with Gasteiger partial charge in [-0.05, 0) is 56.3 Å². The minimum atomic E-state index is -0.603. The minimum absolute atomic E-state index is 0.169. The summed E-state index contributed by atoms with van der Waals surface area (Å²) in [5.74, 6) is 0.169. The van der Waals surface area contributed by atoms with Crippen LogP contribution in [0, 0.1) is 0 Å². The van der Waals surface area contributed by atoms with Crippen LogP contribution in [0.5, 0.6) is 0 Å². The van der Waals surface area contributed by atoms with Crippen LogP contribution in [0.1, 0.15) is 42.4 Å². The van der Waals surface area contributed by atoms with Gasteiger partial charge in [0.05, 0.1) is 0 Å². The van der Waals surface area contributed by atoms with Crippen molar-refractivity contribution in [2.75, 3.05) is 13.6 Å². The quantitative estimate of drug-likeness (QED) is 0.659. The number of rotatable bonds is 8. The Morgan fingerprint density at radius 2 is 1.62 bits per heavy atom. The van der Waals surface area contributed by atoms with Crippen LogP contribution in [0.2, 0.25) is 0 Å². The molecule has 1 aliphatic carbocycles. The van der Waals surface area contributed by atoms with Crippen LogP contribution in [0.25, 0.3) is 0 Å². The largest absolute Gasteiger partial charge is 0.303 e. The molecule has 0 aliphatic heterocycles. The van der Waals surface area contributed by atoms with Crippen LogP contribution in [0.15, 0.2) is 54.6 Å². The second kappa shape index (κ2) is 7.94. The van der Waals surface area contributed by atoms with Crippen molar-refractivity contribution in [1.82, 2.24) is 4.90 Å². The highest BCUT2D eigenvalue weighted by Crippen LogP contribution is 2.43. The molecule has 3 unspecified atom stereocenters. The molecule has 0 bridgehead atoms. The maximum Gasteiger partial charge on any atom is 0.108 e. The normalized spacial score (nSPS) is 21.0. The topological polar surface area (TPSA) is 3.24 Å². The van der Waals surface area contributed by atoms with Gasteiger partial charge in [-0.15, -0.1) is 0 Å². The van der Waals surface area contributed by atoms with Crippen molar-refractivity contribution >= 4 is 0 Å². The molecule has 1 nitrogen and oxygen atoms in total. The van der Waals surface area contributed by atoms with Gasteiger partial charge in [-0.3, -0.25) is 0 Å². The summed E-state index contributed by atoms with van der Waals surface area (Å²) >= 11 is 0. The summed E-state index contributed by atoms with van der Waals surface area (Å²) in [6.45, 7) is 3.39. The number of likely N-dealkylation sites (N-methyl/N-ethyl adjacent to an activating group) is 1. The average Bonchev–Trinajstić information content (AvgIpc) is 3.35. The summed E-state index contributed by atoms with van der Waals surface area (Å²) in [6, 6.07) is 19.8. The zero-order chi connectivity index (χ0) is 16.9. The van der Waals surface area contributed by atoms with E-state index in [0.717, 1.165) is 25.8 Å². The highest BCUT2D eigenvalue weighted by molar-refractivity contribution is 5.30. The lowest BCUT2D eigenvalue weighted by Gasteiger charge is -2.24. The van der Waals surface area contributed by atoms with E-state index < -0.39 is 6.17 Å². The smallest absolute Gasteiger partial charge is 0.108 e. The molecule has 0 spiro atoms. The van der Waals surface area contributed by atoms with Crippen molar-refractivity contribution in [2.45, 2.75) is 50.7 Å². The molecule has 1 saturated carbocycles. The second-order valence-corrected chi connectivity index (χ2v) is 7.20. The van der Waals surface area contributed by atoms with E-state index in [1.54, 1.807) is 0 Å². The number of halogens is 1. The highest BCUT2D eigenvalue weighted by Gasteiger charge is 2.38. The van der Waals surface area contributed by atoms with Crippen molar-refractivity contribution in [3.8, 4) is 0 Å². The van der Waals surface area contributed by atoms with Gasteiger partial charge in [0.2, 0.25) is 0 Å². The van der Waals surface area contributed by atoms with Crippen LogP contribution in [-0.2, 0) is 12.8 Å². The van der Waals surface area contributed by atoms with Gasteiger partial charge in [0, 0.05) is 18.5 Å². The Bertz CT molecular complexity index is 622. The number of hydrogen-bond donors (Lipinski definition) is 0. The summed E-state index contributed by atoms with van der Waals surface area (Å²) in [5, 5.41) is 0. The predicted molar refractivity (Wildman–Crippen MR) is 99.3 cm³/mol. The maximum atomic E-state index is 13.1. The van der Waals surface area contributed by atoms with E-state index in [2.05, 4.69) is 73.5 Å². The first-order valence-corrected chi connectivity index (χ1v) is 9.10.